The summed E-state index contributed by atoms with van der Waals surface area (Å²) < 4.78 is 0. The monoisotopic (exact) mass is 137 g/mol. The summed E-state index contributed by atoms with van der Waals surface area (Å²) in [6.07, 6.45) is 7.06. The highest BCUT2D eigenvalue weighted by Gasteiger charge is 2.23. The van der Waals surface area contributed by atoms with Gasteiger partial charge in [0.05, 0.1) is 5.92 Å². The standard InChI is InChI=1S/C8H11NO/c1-3-7-5-4-6-9(2)8(7)10/h1,7H,4-6H2,2H3. The number of terminal acetylenes is 1. The van der Waals surface area contributed by atoms with Crippen molar-refractivity contribution < 1.29 is 4.79 Å². The van der Waals surface area contributed by atoms with E-state index in [9.17, 15) is 4.79 Å². The van der Waals surface area contributed by atoms with Gasteiger partial charge in [-0.15, -0.1) is 6.42 Å². The van der Waals surface area contributed by atoms with E-state index in [0.29, 0.717) is 0 Å². The van der Waals surface area contributed by atoms with Gasteiger partial charge >= 0.3 is 0 Å². The molecule has 2 nitrogen and oxygen atoms in total. The number of carbonyl (C=O) groups is 1. The molecule has 1 amide bonds. The van der Waals surface area contributed by atoms with Crippen LogP contribution >= 0.6 is 0 Å². The molecule has 0 aliphatic carbocycles. The minimum atomic E-state index is -0.154. The highest BCUT2D eigenvalue weighted by molar-refractivity contribution is 5.81. The highest BCUT2D eigenvalue weighted by atomic mass is 16.2. The maximum absolute atomic E-state index is 11.1. The van der Waals surface area contributed by atoms with Crippen molar-refractivity contribution in [2.45, 2.75) is 12.8 Å². The Balaban J connectivity index is 2.62. The fourth-order valence-electron chi connectivity index (χ4n) is 1.19. The molecule has 1 atom stereocenters. The summed E-state index contributed by atoms with van der Waals surface area (Å²) in [4.78, 5) is 12.8. The van der Waals surface area contributed by atoms with E-state index >= 15 is 0 Å². The summed E-state index contributed by atoms with van der Waals surface area (Å²) in [5.41, 5.74) is 0. The van der Waals surface area contributed by atoms with Crippen LogP contribution < -0.4 is 0 Å². The molecule has 0 aromatic rings. The lowest BCUT2D eigenvalue weighted by atomic mass is 9.99. The van der Waals surface area contributed by atoms with Gasteiger partial charge in [0.1, 0.15) is 0 Å². The van der Waals surface area contributed by atoms with Crippen LogP contribution in [-0.2, 0) is 4.79 Å². The van der Waals surface area contributed by atoms with Crippen LogP contribution in [0.1, 0.15) is 12.8 Å². The number of carbonyl (C=O) groups excluding carboxylic acids is 1. The Morgan fingerprint density at radius 1 is 1.80 bits per heavy atom. The lowest BCUT2D eigenvalue weighted by Crippen LogP contribution is -2.37. The predicted octanol–water partition coefficient (Wildman–Crippen LogP) is 0.488. The smallest absolute Gasteiger partial charge is 0.237 e. The molecule has 1 fully saturated rings. The van der Waals surface area contributed by atoms with Gasteiger partial charge in [0, 0.05) is 13.6 Å². The second kappa shape index (κ2) is 2.74. The van der Waals surface area contributed by atoms with Gasteiger partial charge in [-0.3, -0.25) is 4.79 Å². The van der Waals surface area contributed by atoms with Gasteiger partial charge < -0.3 is 4.90 Å². The van der Waals surface area contributed by atoms with Crippen LogP contribution in [0.5, 0.6) is 0 Å². The Labute approximate surface area is 61.2 Å². The molecule has 0 spiro atoms. The summed E-state index contributed by atoms with van der Waals surface area (Å²) in [5.74, 6) is 2.44. The average Bonchev–Trinajstić information content (AvgIpc) is 1.95. The van der Waals surface area contributed by atoms with Crippen LogP contribution in [0.15, 0.2) is 0 Å². The third-order valence-corrected chi connectivity index (χ3v) is 1.86. The van der Waals surface area contributed by atoms with Gasteiger partial charge in [-0.05, 0) is 12.8 Å². The molecule has 1 saturated heterocycles. The Morgan fingerprint density at radius 2 is 2.50 bits per heavy atom. The van der Waals surface area contributed by atoms with E-state index in [0.717, 1.165) is 19.4 Å². The zero-order chi connectivity index (χ0) is 7.56. The molecule has 0 saturated carbocycles. The van der Waals surface area contributed by atoms with E-state index < -0.39 is 0 Å². The Morgan fingerprint density at radius 3 is 3.00 bits per heavy atom. The molecule has 54 valence electrons. The number of likely N-dealkylation sites (tertiary alicyclic amines) is 1. The highest BCUT2D eigenvalue weighted by Crippen LogP contribution is 2.14. The number of rotatable bonds is 0. The molecule has 0 aromatic carbocycles. The minimum absolute atomic E-state index is 0.105. The van der Waals surface area contributed by atoms with E-state index in [1.54, 1.807) is 11.9 Å². The first-order valence-corrected chi connectivity index (χ1v) is 3.47. The molecular weight excluding hydrogens is 126 g/mol. The normalized spacial score (nSPS) is 26.2. The van der Waals surface area contributed by atoms with E-state index in [2.05, 4.69) is 5.92 Å². The van der Waals surface area contributed by atoms with Gasteiger partial charge in [0.2, 0.25) is 5.91 Å². The van der Waals surface area contributed by atoms with Gasteiger partial charge in [-0.25, -0.2) is 0 Å². The number of amides is 1. The molecular formula is C8H11NO. The molecule has 1 aliphatic rings. The molecule has 0 N–H and O–H groups in total. The molecule has 2 heteroatoms. The average molecular weight is 137 g/mol. The predicted molar refractivity (Wildman–Crippen MR) is 39.2 cm³/mol. The van der Waals surface area contributed by atoms with Crippen molar-refractivity contribution >= 4 is 5.91 Å². The summed E-state index contributed by atoms with van der Waals surface area (Å²) in [5, 5.41) is 0. The van der Waals surface area contributed by atoms with Gasteiger partial charge in [0.15, 0.2) is 0 Å². The molecule has 1 unspecified atom stereocenters. The van der Waals surface area contributed by atoms with E-state index in [1.165, 1.54) is 0 Å². The second-order valence-electron chi connectivity index (χ2n) is 2.62. The number of nitrogens with zero attached hydrogens (tertiary/aromatic N) is 1. The lowest BCUT2D eigenvalue weighted by molar-refractivity contribution is -0.134. The van der Waals surface area contributed by atoms with Crippen molar-refractivity contribution in [3.63, 3.8) is 0 Å². The minimum Gasteiger partial charge on any atom is -0.345 e. The quantitative estimate of drug-likeness (QED) is 0.445. The number of hydrogen-bond acceptors (Lipinski definition) is 1. The van der Waals surface area contributed by atoms with Crippen molar-refractivity contribution in [2.75, 3.05) is 13.6 Å². The first-order valence-electron chi connectivity index (χ1n) is 3.47. The number of hydrogen-bond donors (Lipinski definition) is 0. The van der Waals surface area contributed by atoms with Crippen LogP contribution in [-0.4, -0.2) is 24.4 Å². The van der Waals surface area contributed by atoms with E-state index in [-0.39, 0.29) is 11.8 Å². The summed E-state index contributed by atoms with van der Waals surface area (Å²) in [6, 6.07) is 0. The largest absolute Gasteiger partial charge is 0.345 e. The second-order valence-corrected chi connectivity index (χ2v) is 2.62. The van der Waals surface area contributed by atoms with Crippen molar-refractivity contribution in [1.82, 2.24) is 4.90 Å². The maximum Gasteiger partial charge on any atom is 0.237 e. The molecule has 10 heavy (non-hydrogen) atoms. The van der Waals surface area contributed by atoms with Crippen molar-refractivity contribution in [1.29, 1.82) is 0 Å². The topological polar surface area (TPSA) is 20.3 Å². The Bertz CT molecular complexity index is 180. The van der Waals surface area contributed by atoms with Crippen LogP contribution in [0.3, 0.4) is 0 Å². The van der Waals surface area contributed by atoms with E-state index in [4.69, 9.17) is 6.42 Å². The first-order chi connectivity index (χ1) is 4.75. The maximum atomic E-state index is 11.1. The Hall–Kier alpha value is -0.970. The molecule has 1 rings (SSSR count). The van der Waals surface area contributed by atoms with E-state index in [1.807, 2.05) is 0 Å². The molecule has 1 aliphatic heterocycles. The Kier molecular flexibility index (Phi) is 1.96. The molecule has 1 heterocycles. The van der Waals surface area contributed by atoms with Crippen molar-refractivity contribution in [3.8, 4) is 12.3 Å². The molecule has 0 aromatic heterocycles. The summed E-state index contributed by atoms with van der Waals surface area (Å²) in [7, 11) is 1.80. The fourth-order valence-corrected chi connectivity index (χ4v) is 1.19. The SMILES string of the molecule is C#CC1CCCN(C)C1=O. The fraction of sp³-hybridized carbons (Fsp3) is 0.625. The zero-order valence-corrected chi connectivity index (χ0v) is 6.13. The van der Waals surface area contributed by atoms with Crippen LogP contribution in [0.2, 0.25) is 0 Å². The molecule has 0 bridgehead atoms. The first kappa shape index (κ1) is 7.14. The summed E-state index contributed by atoms with van der Waals surface area (Å²) >= 11 is 0. The third-order valence-electron chi connectivity index (χ3n) is 1.86. The summed E-state index contributed by atoms with van der Waals surface area (Å²) in [6.45, 7) is 0.858. The number of piperidine rings is 1. The zero-order valence-electron chi connectivity index (χ0n) is 6.13. The van der Waals surface area contributed by atoms with Gasteiger partial charge in [-0.2, -0.15) is 0 Å². The van der Waals surface area contributed by atoms with Crippen LogP contribution in [0.4, 0.5) is 0 Å². The lowest BCUT2D eigenvalue weighted by Gasteiger charge is -2.25. The van der Waals surface area contributed by atoms with Crippen LogP contribution in [0, 0.1) is 18.3 Å². The molecule has 0 radical (unpaired) electrons. The van der Waals surface area contributed by atoms with Gasteiger partial charge in [-0.1, -0.05) is 5.92 Å². The van der Waals surface area contributed by atoms with Gasteiger partial charge in [0.25, 0.3) is 0 Å². The van der Waals surface area contributed by atoms with Crippen molar-refractivity contribution in [2.24, 2.45) is 5.92 Å². The van der Waals surface area contributed by atoms with Crippen LogP contribution in [0.25, 0.3) is 0 Å². The third kappa shape index (κ3) is 1.13. The van der Waals surface area contributed by atoms with Crippen molar-refractivity contribution in [3.05, 3.63) is 0 Å².